The van der Waals surface area contributed by atoms with Crippen LogP contribution in [0.25, 0.3) is 11.5 Å². The molecular formula is C21H21ClF2N6O2. The lowest BCUT2D eigenvalue weighted by molar-refractivity contribution is -0.0898. The van der Waals surface area contributed by atoms with Crippen molar-refractivity contribution in [2.45, 2.75) is 32.2 Å². The van der Waals surface area contributed by atoms with E-state index in [4.69, 9.17) is 16.0 Å². The van der Waals surface area contributed by atoms with Gasteiger partial charge in [0.1, 0.15) is 5.69 Å². The van der Waals surface area contributed by atoms with E-state index in [2.05, 4.69) is 25.3 Å². The second-order valence-corrected chi connectivity index (χ2v) is 8.21. The fourth-order valence-electron chi connectivity index (χ4n) is 3.86. The van der Waals surface area contributed by atoms with Crippen LogP contribution in [0.4, 0.5) is 14.7 Å². The number of anilines is 1. The van der Waals surface area contributed by atoms with Crippen LogP contribution in [0, 0.1) is 12.8 Å². The van der Waals surface area contributed by atoms with E-state index >= 15 is 0 Å². The van der Waals surface area contributed by atoms with Gasteiger partial charge in [-0.05, 0) is 18.1 Å². The van der Waals surface area contributed by atoms with Crippen molar-refractivity contribution in [2.75, 3.05) is 18.4 Å². The molecule has 1 aliphatic heterocycles. The molecule has 8 nitrogen and oxygen atoms in total. The van der Waals surface area contributed by atoms with Gasteiger partial charge in [-0.25, -0.2) is 23.7 Å². The smallest absolute Gasteiger partial charge is 0.277 e. The van der Waals surface area contributed by atoms with E-state index in [0.717, 1.165) is 4.90 Å². The first-order valence-corrected chi connectivity index (χ1v) is 10.4. The molecule has 0 saturated carbocycles. The Balaban J connectivity index is 1.64. The molecule has 2 atom stereocenters. The largest absolute Gasteiger partial charge is 0.438 e. The van der Waals surface area contributed by atoms with Crippen LogP contribution >= 0.6 is 11.6 Å². The molecule has 11 heteroatoms. The molecule has 1 fully saturated rings. The van der Waals surface area contributed by atoms with E-state index in [0.29, 0.717) is 10.7 Å². The number of likely N-dealkylation sites (tertiary alicyclic amines) is 1. The first-order valence-electron chi connectivity index (χ1n) is 10.0. The molecule has 2 unspecified atom stereocenters. The van der Waals surface area contributed by atoms with Crippen LogP contribution in [0.15, 0.2) is 41.2 Å². The Bertz CT molecular complexity index is 1090. The number of pyridine rings is 1. The zero-order valence-electron chi connectivity index (χ0n) is 17.4. The molecule has 1 amide bonds. The summed E-state index contributed by atoms with van der Waals surface area (Å²) in [5.41, 5.74) is 0.358. The summed E-state index contributed by atoms with van der Waals surface area (Å²) in [5, 5.41) is 3.39. The first kappa shape index (κ1) is 22.1. The molecular weight excluding hydrogens is 442 g/mol. The Morgan fingerprint density at radius 3 is 2.75 bits per heavy atom. The minimum Gasteiger partial charge on any atom is -0.438 e. The predicted octanol–water partition coefficient (Wildman–Crippen LogP) is 4.09. The third-order valence-corrected chi connectivity index (χ3v) is 5.46. The third kappa shape index (κ3) is 4.69. The molecule has 0 aromatic carbocycles. The van der Waals surface area contributed by atoms with Gasteiger partial charge in [-0.3, -0.25) is 9.78 Å². The lowest BCUT2D eigenvalue weighted by Crippen LogP contribution is -2.57. The number of aryl methyl sites for hydroxylation is 1. The third-order valence-electron chi connectivity index (χ3n) is 5.26. The Morgan fingerprint density at radius 2 is 2.06 bits per heavy atom. The number of alkyl halides is 2. The van der Waals surface area contributed by atoms with Crippen molar-refractivity contribution in [3.05, 3.63) is 53.4 Å². The van der Waals surface area contributed by atoms with Gasteiger partial charge in [0.2, 0.25) is 5.95 Å². The molecule has 168 valence electrons. The predicted molar refractivity (Wildman–Crippen MR) is 114 cm³/mol. The zero-order valence-corrected chi connectivity index (χ0v) is 18.2. The Labute approximate surface area is 188 Å². The standard InChI is InChI=1S/C21H21ClF2N6O2/c1-12-7-21(23,24)11-30(16(12)10-28-20-26-8-14(22)9-27-20)19(31)17-18(32-13(2)29-17)15-5-3-4-6-25-15/h3-6,8-9,12,16H,7,10-11H2,1-2H3,(H,26,27,28). The summed E-state index contributed by atoms with van der Waals surface area (Å²) >= 11 is 5.81. The van der Waals surface area contributed by atoms with Crippen molar-refractivity contribution in [1.82, 2.24) is 24.8 Å². The Hall–Kier alpha value is -3.14. The normalized spacial score (nSPS) is 20.2. The minimum absolute atomic E-state index is 0.0427. The number of piperidine rings is 1. The highest BCUT2D eigenvalue weighted by molar-refractivity contribution is 6.30. The number of carbonyl (C=O) groups is 1. The number of hydrogen-bond donors (Lipinski definition) is 1. The molecule has 0 aliphatic carbocycles. The molecule has 3 aromatic rings. The van der Waals surface area contributed by atoms with Gasteiger partial charge in [-0.15, -0.1) is 0 Å². The SMILES string of the molecule is Cc1nc(C(=O)N2CC(F)(F)CC(C)C2CNc2ncc(Cl)cn2)c(-c2ccccn2)o1. The van der Waals surface area contributed by atoms with Gasteiger partial charge in [0.25, 0.3) is 11.8 Å². The highest BCUT2D eigenvalue weighted by Gasteiger charge is 2.47. The summed E-state index contributed by atoms with van der Waals surface area (Å²) in [6.45, 7) is 2.74. The average Bonchev–Trinajstić information content (AvgIpc) is 3.15. The van der Waals surface area contributed by atoms with E-state index < -0.39 is 30.3 Å². The van der Waals surface area contributed by atoms with Crippen LogP contribution in [0.5, 0.6) is 0 Å². The summed E-state index contributed by atoms with van der Waals surface area (Å²) in [4.78, 5) is 31.1. The molecule has 1 aliphatic rings. The quantitative estimate of drug-likeness (QED) is 0.610. The van der Waals surface area contributed by atoms with Gasteiger partial charge < -0.3 is 14.6 Å². The number of nitrogens with one attached hydrogen (secondary N) is 1. The van der Waals surface area contributed by atoms with Crippen LogP contribution in [-0.4, -0.2) is 55.8 Å². The van der Waals surface area contributed by atoms with Gasteiger partial charge in [-0.2, -0.15) is 0 Å². The molecule has 0 bridgehead atoms. The number of carbonyl (C=O) groups excluding carboxylic acids is 1. The summed E-state index contributed by atoms with van der Waals surface area (Å²) in [7, 11) is 0. The lowest BCUT2D eigenvalue weighted by atomic mass is 9.88. The van der Waals surface area contributed by atoms with E-state index in [-0.39, 0.29) is 36.3 Å². The van der Waals surface area contributed by atoms with Crippen molar-refractivity contribution in [3.8, 4) is 11.5 Å². The number of halogens is 3. The number of oxazole rings is 1. The van der Waals surface area contributed by atoms with Gasteiger partial charge in [0, 0.05) is 26.1 Å². The van der Waals surface area contributed by atoms with Gasteiger partial charge in [0.05, 0.1) is 30.0 Å². The molecule has 0 radical (unpaired) electrons. The lowest BCUT2D eigenvalue weighted by Gasteiger charge is -2.43. The van der Waals surface area contributed by atoms with Crippen LogP contribution < -0.4 is 5.32 Å². The monoisotopic (exact) mass is 462 g/mol. The maximum Gasteiger partial charge on any atom is 0.277 e. The van der Waals surface area contributed by atoms with Crippen LogP contribution in [-0.2, 0) is 0 Å². The van der Waals surface area contributed by atoms with E-state index in [1.165, 1.54) is 12.4 Å². The molecule has 1 saturated heterocycles. The van der Waals surface area contributed by atoms with Gasteiger partial charge in [-0.1, -0.05) is 24.6 Å². The molecule has 3 aromatic heterocycles. The molecule has 32 heavy (non-hydrogen) atoms. The Kier molecular flexibility index (Phi) is 6.05. The molecule has 0 spiro atoms. The second kappa shape index (κ2) is 8.78. The maximum absolute atomic E-state index is 14.5. The van der Waals surface area contributed by atoms with Crippen molar-refractivity contribution in [3.63, 3.8) is 0 Å². The van der Waals surface area contributed by atoms with E-state index in [9.17, 15) is 13.6 Å². The van der Waals surface area contributed by atoms with Crippen LogP contribution in [0.2, 0.25) is 5.02 Å². The van der Waals surface area contributed by atoms with E-state index in [1.54, 1.807) is 38.2 Å². The maximum atomic E-state index is 14.5. The van der Waals surface area contributed by atoms with Crippen LogP contribution in [0.1, 0.15) is 29.7 Å². The summed E-state index contributed by atoms with van der Waals surface area (Å²) in [6, 6.07) is 4.59. The van der Waals surface area contributed by atoms with E-state index in [1.807, 2.05) is 0 Å². The summed E-state index contributed by atoms with van der Waals surface area (Å²) < 4.78 is 34.6. The number of nitrogens with zero attached hydrogens (tertiary/aromatic N) is 5. The number of hydrogen-bond acceptors (Lipinski definition) is 7. The number of rotatable bonds is 5. The van der Waals surface area contributed by atoms with Crippen molar-refractivity contribution < 1.29 is 18.0 Å². The summed E-state index contributed by atoms with van der Waals surface area (Å²) in [6.07, 6.45) is 4.07. The number of amides is 1. The fraction of sp³-hybridized carbons (Fsp3) is 0.381. The van der Waals surface area contributed by atoms with Crippen molar-refractivity contribution in [2.24, 2.45) is 5.92 Å². The highest BCUT2D eigenvalue weighted by atomic mass is 35.5. The topological polar surface area (TPSA) is 97.0 Å². The minimum atomic E-state index is -3.02. The van der Waals surface area contributed by atoms with Crippen molar-refractivity contribution in [1.29, 1.82) is 0 Å². The average molecular weight is 463 g/mol. The van der Waals surface area contributed by atoms with Crippen LogP contribution in [0.3, 0.4) is 0 Å². The van der Waals surface area contributed by atoms with Crippen molar-refractivity contribution >= 4 is 23.5 Å². The molecule has 4 rings (SSSR count). The first-order chi connectivity index (χ1) is 15.2. The fourth-order valence-corrected chi connectivity index (χ4v) is 3.95. The molecule has 1 N–H and O–H groups in total. The zero-order chi connectivity index (χ0) is 22.9. The number of aromatic nitrogens is 4. The highest BCUT2D eigenvalue weighted by Crippen LogP contribution is 2.36. The van der Waals surface area contributed by atoms with Gasteiger partial charge >= 0.3 is 0 Å². The molecule has 4 heterocycles. The van der Waals surface area contributed by atoms with Gasteiger partial charge in [0.15, 0.2) is 17.3 Å². The summed E-state index contributed by atoms with van der Waals surface area (Å²) in [5.74, 6) is -3.46. The second-order valence-electron chi connectivity index (χ2n) is 7.77. The Morgan fingerprint density at radius 1 is 1.31 bits per heavy atom.